The molecule has 200 valence electrons. The molecule has 1 saturated carbocycles. The van der Waals surface area contributed by atoms with E-state index in [2.05, 4.69) is 15.4 Å². The molecule has 3 N–H and O–H groups in total. The van der Waals surface area contributed by atoms with Gasteiger partial charge in [-0.25, -0.2) is 17.5 Å². The molecule has 3 atom stereocenters. The first-order valence-corrected chi connectivity index (χ1v) is 13.9. The number of nitrogens with zero attached hydrogens (tertiary/aromatic N) is 1. The van der Waals surface area contributed by atoms with Crippen molar-refractivity contribution in [2.45, 2.75) is 32.7 Å². The molecule has 4 rings (SSSR count). The predicted molar refractivity (Wildman–Crippen MR) is 143 cm³/mol. The molecule has 9 nitrogen and oxygen atoms in total. The SMILES string of the molecule is CCS(=O)(=O)NC1C[C@H](C(=O)Nc2ccc(C)cc2)[C@@H](C(=O)Nc2ccc(-n3ccccc3=O)cc2F)C1. The van der Waals surface area contributed by atoms with E-state index in [0.717, 1.165) is 11.6 Å². The highest BCUT2D eigenvalue weighted by molar-refractivity contribution is 7.89. The normalized spacial score (nSPS) is 19.2. The Kier molecular flexibility index (Phi) is 8.08. The van der Waals surface area contributed by atoms with Gasteiger partial charge in [0.2, 0.25) is 21.8 Å². The molecule has 1 aliphatic rings. The zero-order valence-electron chi connectivity index (χ0n) is 21.0. The molecular weight excluding hydrogens is 511 g/mol. The Morgan fingerprint density at radius 2 is 1.63 bits per heavy atom. The number of benzene rings is 2. The number of hydrogen-bond donors (Lipinski definition) is 3. The van der Waals surface area contributed by atoms with E-state index in [1.54, 1.807) is 24.3 Å². The van der Waals surface area contributed by atoms with Gasteiger partial charge >= 0.3 is 0 Å². The lowest BCUT2D eigenvalue weighted by Crippen LogP contribution is -2.34. The summed E-state index contributed by atoms with van der Waals surface area (Å²) in [7, 11) is -3.57. The molecule has 0 radical (unpaired) electrons. The number of rotatable bonds is 8. The molecule has 0 spiro atoms. The quantitative estimate of drug-likeness (QED) is 0.405. The summed E-state index contributed by atoms with van der Waals surface area (Å²) in [5, 5.41) is 5.34. The number of halogens is 1. The van der Waals surface area contributed by atoms with E-state index in [4.69, 9.17) is 0 Å². The van der Waals surface area contributed by atoms with Gasteiger partial charge in [-0.3, -0.25) is 19.0 Å². The molecule has 1 unspecified atom stereocenters. The second kappa shape index (κ2) is 11.3. The lowest BCUT2D eigenvalue weighted by atomic mass is 9.94. The molecule has 38 heavy (non-hydrogen) atoms. The third-order valence-electron chi connectivity index (χ3n) is 6.59. The molecule has 1 aromatic heterocycles. The van der Waals surface area contributed by atoms with E-state index in [0.29, 0.717) is 5.69 Å². The van der Waals surface area contributed by atoms with Crippen LogP contribution in [-0.2, 0) is 19.6 Å². The smallest absolute Gasteiger partial charge is 0.255 e. The fourth-order valence-electron chi connectivity index (χ4n) is 4.54. The summed E-state index contributed by atoms with van der Waals surface area (Å²) in [6, 6.07) is 15.1. The highest BCUT2D eigenvalue weighted by Gasteiger charge is 2.44. The van der Waals surface area contributed by atoms with E-state index in [1.165, 1.54) is 35.9 Å². The third-order valence-corrected chi connectivity index (χ3v) is 8.05. The number of pyridine rings is 1. The molecule has 11 heteroatoms. The Morgan fingerprint density at radius 1 is 0.974 bits per heavy atom. The van der Waals surface area contributed by atoms with Gasteiger partial charge in [-0.15, -0.1) is 0 Å². The minimum absolute atomic E-state index is 0.0795. The maximum absolute atomic E-state index is 14.9. The Labute approximate surface area is 220 Å². The van der Waals surface area contributed by atoms with Crippen molar-refractivity contribution in [1.29, 1.82) is 0 Å². The molecule has 2 amide bonds. The van der Waals surface area contributed by atoms with Gasteiger partial charge in [-0.2, -0.15) is 0 Å². The van der Waals surface area contributed by atoms with Crippen molar-refractivity contribution >= 4 is 33.2 Å². The number of hydrogen-bond acceptors (Lipinski definition) is 5. The van der Waals surface area contributed by atoms with Crippen molar-refractivity contribution in [3.8, 4) is 5.69 Å². The van der Waals surface area contributed by atoms with Crippen molar-refractivity contribution in [1.82, 2.24) is 9.29 Å². The summed E-state index contributed by atoms with van der Waals surface area (Å²) < 4.78 is 43.1. The van der Waals surface area contributed by atoms with E-state index in [-0.39, 0.29) is 35.5 Å². The first-order valence-electron chi connectivity index (χ1n) is 12.2. The molecule has 0 saturated heterocycles. The summed E-state index contributed by atoms with van der Waals surface area (Å²) in [4.78, 5) is 38.5. The van der Waals surface area contributed by atoms with Crippen LogP contribution >= 0.6 is 0 Å². The van der Waals surface area contributed by atoms with Crippen LogP contribution in [0.1, 0.15) is 25.3 Å². The highest BCUT2D eigenvalue weighted by atomic mass is 32.2. The summed E-state index contributed by atoms with van der Waals surface area (Å²) in [6.07, 6.45) is 1.70. The van der Waals surface area contributed by atoms with Crippen molar-refractivity contribution in [2.75, 3.05) is 16.4 Å². The molecule has 1 fully saturated rings. The van der Waals surface area contributed by atoms with Crippen molar-refractivity contribution in [2.24, 2.45) is 11.8 Å². The Morgan fingerprint density at radius 3 is 2.24 bits per heavy atom. The lowest BCUT2D eigenvalue weighted by molar-refractivity contribution is -0.128. The standard InChI is InChI=1S/C27H29FN4O5S/c1-3-38(36,37)31-19-14-21(26(34)29-18-9-7-17(2)8-10-18)22(15-19)27(35)30-24-12-11-20(16-23(24)28)32-13-5-4-6-25(32)33/h4-13,16,19,21-22,31H,3,14-15H2,1-2H3,(H,29,34)(H,30,35)/t19?,21-,22-/m0/s1. The van der Waals surface area contributed by atoms with Crippen LogP contribution in [0.3, 0.4) is 0 Å². The van der Waals surface area contributed by atoms with Crippen LogP contribution in [0.5, 0.6) is 0 Å². The van der Waals surface area contributed by atoms with Crippen molar-refractivity contribution in [3.63, 3.8) is 0 Å². The van der Waals surface area contributed by atoms with Crippen LogP contribution < -0.4 is 20.9 Å². The molecular formula is C27H29FN4O5S. The highest BCUT2D eigenvalue weighted by Crippen LogP contribution is 2.35. The zero-order valence-corrected chi connectivity index (χ0v) is 21.8. The molecule has 0 aliphatic heterocycles. The molecule has 3 aromatic rings. The first kappa shape index (κ1) is 27.2. The fraction of sp³-hybridized carbons (Fsp3) is 0.296. The molecule has 1 aliphatic carbocycles. The number of carbonyl (C=O) groups is 2. The van der Waals surface area contributed by atoms with Gasteiger partial charge in [-0.05, 0) is 57.0 Å². The van der Waals surface area contributed by atoms with Gasteiger partial charge < -0.3 is 10.6 Å². The zero-order chi connectivity index (χ0) is 27.4. The van der Waals surface area contributed by atoms with Gasteiger partial charge in [0, 0.05) is 30.1 Å². The second-order valence-corrected chi connectivity index (χ2v) is 11.4. The minimum atomic E-state index is -3.57. The largest absolute Gasteiger partial charge is 0.326 e. The second-order valence-electron chi connectivity index (χ2n) is 9.32. The summed E-state index contributed by atoms with van der Waals surface area (Å²) in [5.41, 5.74) is 1.41. The van der Waals surface area contributed by atoms with Crippen LogP contribution in [0.15, 0.2) is 71.7 Å². The fourth-order valence-corrected chi connectivity index (χ4v) is 5.41. The maximum Gasteiger partial charge on any atom is 0.255 e. The van der Waals surface area contributed by atoms with Gasteiger partial charge in [0.25, 0.3) is 5.56 Å². The number of amides is 2. The van der Waals surface area contributed by atoms with Gasteiger partial charge in [0.05, 0.1) is 29.0 Å². The van der Waals surface area contributed by atoms with E-state index in [1.807, 2.05) is 19.1 Å². The number of anilines is 2. The number of carbonyl (C=O) groups excluding carboxylic acids is 2. The van der Waals surface area contributed by atoms with E-state index in [9.17, 15) is 27.2 Å². The van der Waals surface area contributed by atoms with E-state index >= 15 is 0 Å². The predicted octanol–water partition coefficient (Wildman–Crippen LogP) is 3.20. The average molecular weight is 541 g/mol. The lowest BCUT2D eigenvalue weighted by Gasteiger charge is -2.19. The summed E-state index contributed by atoms with van der Waals surface area (Å²) >= 11 is 0. The number of aryl methyl sites for hydroxylation is 1. The van der Waals surface area contributed by atoms with Gasteiger partial charge in [-0.1, -0.05) is 23.8 Å². The van der Waals surface area contributed by atoms with Gasteiger partial charge in [0.15, 0.2) is 0 Å². The van der Waals surface area contributed by atoms with Crippen LogP contribution in [0, 0.1) is 24.6 Å². The molecule has 1 heterocycles. The van der Waals surface area contributed by atoms with Crippen LogP contribution in [-0.4, -0.2) is 36.6 Å². The third kappa shape index (κ3) is 6.35. The first-order chi connectivity index (χ1) is 18.1. The topological polar surface area (TPSA) is 126 Å². The summed E-state index contributed by atoms with van der Waals surface area (Å²) in [5.74, 6) is -3.66. The maximum atomic E-state index is 14.9. The Balaban J connectivity index is 1.54. The van der Waals surface area contributed by atoms with Crippen LogP contribution in [0.2, 0.25) is 0 Å². The Bertz CT molecular complexity index is 1500. The number of nitrogens with one attached hydrogen (secondary N) is 3. The monoisotopic (exact) mass is 540 g/mol. The van der Waals surface area contributed by atoms with E-state index < -0.39 is 45.5 Å². The van der Waals surface area contributed by atoms with Gasteiger partial charge in [0.1, 0.15) is 5.82 Å². The van der Waals surface area contributed by atoms with Crippen molar-refractivity contribution in [3.05, 3.63) is 88.6 Å². The number of sulfonamides is 1. The Hall–Kier alpha value is -3.83. The number of aromatic nitrogens is 1. The van der Waals surface area contributed by atoms with Crippen LogP contribution in [0.4, 0.5) is 15.8 Å². The van der Waals surface area contributed by atoms with Crippen molar-refractivity contribution < 1.29 is 22.4 Å². The minimum Gasteiger partial charge on any atom is -0.326 e. The molecule has 2 aromatic carbocycles. The van der Waals surface area contributed by atoms with Crippen LogP contribution in [0.25, 0.3) is 5.69 Å². The average Bonchev–Trinajstić information content (AvgIpc) is 3.30. The summed E-state index contributed by atoms with van der Waals surface area (Å²) in [6.45, 7) is 3.41. The molecule has 0 bridgehead atoms.